The van der Waals surface area contributed by atoms with E-state index in [9.17, 15) is 4.91 Å². The van der Waals surface area contributed by atoms with Gasteiger partial charge in [-0.3, -0.25) is 0 Å². The summed E-state index contributed by atoms with van der Waals surface area (Å²) in [6, 6.07) is 9.01. The van der Waals surface area contributed by atoms with Crippen molar-refractivity contribution in [2.24, 2.45) is 5.18 Å². The molecule has 0 unspecified atom stereocenters. The summed E-state index contributed by atoms with van der Waals surface area (Å²) in [6.07, 6.45) is 0. The van der Waals surface area contributed by atoms with Crippen molar-refractivity contribution < 1.29 is 0 Å². The van der Waals surface area contributed by atoms with Gasteiger partial charge in [0, 0.05) is 5.69 Å². The van der Waals surface area contributed by atoms with Gasteiger partial charge < -0.3 is 5.73 Å². The molecule has 2 aromatic rings. The van der Waals surface area contributed by atoms with Crippen LogP contribution < -0.4 is 5.73 Å². The average molecular weight is 212 g/mol. The van der Waals surface area contributed by atoms with E-state index in [0.717, 1.165) is 21.9 Å². The molecule has 0 amide bonds. The van der Waals surface area contributed by atoms with Gasteiger partial charge in [-0.25, -0.2) is 0 Å². The van der Waals surface area contributed by atoms with Crippen molar-refractivity contribution in [2.45, 2.75) is 6.92 Å². The zero-order valence-corrected chi connectivity index (χ0v) is 9.03. The molecule has 2 N–H and O–H groups in total. The second kappa shape index (κ2) is 3.77. The summed E-state index contributed by atoms with van der Waals surface area (Å²) in [5.41, 5.74) is 8.83. The average Bonchev–Trinajstić information content (AvgIpc) is 2.26. The van der Waals surface area contributed by atoms with Gasteiger partial charge in [0.15, 0.2) is 0 Å². The molecule has 0 heterocycles. The summed E-state index contributed by atoms with van der Waals surface area (Å²) >= 11 is 0. The molecular weight excluding hydrogens is 200 g/mol. The van der Waals surface area contributed by atoms with Gasteiger partial charge in [-0.15, -0.1) is 4.91 Å². The molecule has 0 aliphatic carbocycles. The molecule has 0 aliphatic heterocycles. The minimum absolute atomic E-state index is 0.408. The summed E-state index contributed by atoms with van der Waals surface area (Å²) in [7, 11) is 0. The van der Waals surface area contributed by atoms with Crippen LogP contribution in [0.15, 0.2) is 42.1 Å². The Bertz CT molecular complexity index is 588. The molecule has 0 atom stereocenters. The first kappa shape index (κ1) is 10.4. The van der Waals surface area contributed by atoms with Gasteiger partial charge in [-0.1, -0.05) is 18.2 Å². The molecule has 2 rings (SSSR count). The largest absolute Gasteiger partial charge is 0.399 e. The molecular formula is C13H12N2O. The van der Waals surface area contributed by atoms with Gasteiger partial charge in [0.05, 0.1) is 0 Å². The van der Waals surface area contributed by atoms with Crippen LogP contribution in [-0.4, -0.2) is 0 Å². The zero-order valence-electron chi connectivity index (χ0n) is 9.03. The van der Waals surface area contributed by atoms with Gasteiger partial charge in [-0.2, -0.15) is 0 Å². The fraction of sp³-hybridized carbons (Fsp3) is 0.0769. The minimum Gasteiger partial charge on any atom is -0.399 e. The lowest BCUT2D eigenvalue weighted by Crippen LogP contribution is -1.89. The number of allylic oxidation sites excluding steroid dienone is 1. The molecule has 3 nitrogen and oxygen atoms in total. The molecule has 16 heavy (non-hydrogen) atoms. The van der Waals surface area contributed by atoms with Crippen LogP contribution >= 0.6 is 0 Å². The number of rotatable bonds is 2. The maximum atomic E-state index is 10.5. The Morgan fingerprint density at radius 2 is 2.06 bits per heavy atom. The Hall–Kier alpha value is -2.16. The number of nitroso groups, excluding NO2 is 1. The van der Waals surface area contributed by atoms with Crippen molar-refractivity contribution in [3.63, 3.8) is 0 Å². The van der Waals surface area contributed by atoms with Gasteiger partial charge in [0.25, 0.3) is 0 Å². The molecule has 0 saturated heterocycles. The van der Waals surface area contributed by atoms with E-state index in [4.69, 9.17) is 5.73 Å². The monoisotopic (exact) mass is 212 g/mol. The summed E-state index contributed by atoms with van der Waals surface area (Å²) in [5.74, 6) is 0. The highest BCUT2D eigenvalue weighted by molar-refractivity contribution is 5.96. The molecule has 3 heteroatoms. The molecule has 2 aromatic carbocycles. The second-order valence-corrected chi connectivity index (χ2v) is 3.85. The summed E-state index contributed by atoms with van der Waals surface area (Å²) in [6.45, 7) is 5.85. The summed E-state index contributed by atoms with van der Waals surface area (Å²) in [4.78, 5) is 10.5. The fourth-order valence-corrected chi connectivity index (χ4v) is 1.79. The Kier molecular flexibility index (Phi) is 2.44. The number of anilines is 1. The first-order valence-corrected chi connectivity index (χ1v) is 4.94. The number of nitrogens with two attached hydrogens (primary N) is 1. The normalized spacial score (nSPS) is 10.3. The van der Waals surface area contributed by atoms with E-state index in [-0.39, 0.29) is 0 Å². The van der Waals surface area contributed by atoms with E-state index in [2.05, 4.69) is 11.8 Å². The molecule has 0 saturated carbocycles. The lowest BCUT2D eigenvalue weighted by atomic mass is 9.99. The zero-order chi connectivity index (χ0) is 11.7. The fourth-order valence-electron chi connectivity index (χ4n) is 1.79. The molecule has 0 bridgehead atoms. The number of fused-ring (bicyclic) bond motifs is 1. The summed E-state index contributed by atoms with van der Waals surface area (Å²) < 4.78 is 0. The molecule has 0 fully saturated rings. The number of hydrogen-bond donors (Lipinski definition) is 1. The van der Waals surface area contributed by atoms with Crippen LogP contribution in [0, 0.1) is 4.91 Å². The lowest BCUT2D eigenvalue weighted by Gasteiger charge is -2.08. The highest BCUT2D eigenvalue weighted by Gasteiger charge is 2.04. The Balaban J connectivity index is 2.83. The SMILES string of the molecule is C=C(C)c1cc(N)cc2cc(N=O)ccc12. The van der Waals surface area contributed by atoms with E-state index >= 15 is 0 Å². The van der Waals surface area contributed by atoms with Gasteiger partial charge in [0.2, 0.25) is 0 Å². The molecule has 0 aromatic heterocycles. The first-order valence-electron chi connectivity index (χ1n) is 4.94. The smallest absolute Gasteiger partial charge is 0.108 e. The number of nitrogen functional groups attached to an aromatic ring is 1. The quantitative estimate of drug-likeness (QED) is 0.607. The molecule has 0 radical (unpaired) electrons. The highest BCUT2D eigenvalue weighted by Crippen LogP contribution is 2.29. The maximum Gasteiger partial charge on any atom is 0.108 e. The Labute approximate surface area is 93.6 Å². The highest BCUT2D eigenvalue weighted by atomic mass is 16.3. The summed E-state index contributed by atoms with van der Waals surface area (Å²) in [5, 5.41) is 4.86. The molecule has 0 spiro atoms. The van der Waals surface area contributed by atoms with Crippen molar-refractivity contribution in [1.29, 1.82) is 0 Å². The van der Waals surface area contributed by atoms with Crippen molar-refractivity contribution in [3.8, 4) is 0 Å². The van der Waals surface area contributed by atoms with Gasteiger partial charge >= 0.3 is 0 Å². The third-order valence-electron chi connectivity index (χ3n) is 2.52. The van der Waals surface area contributed by atoms with Crippen LogP contribution in [0.3, 0.4) is 0 Å². The predicted octanol–water partition coefficient (Wildman–Crippen LogP) is 3.85. The van der Waals surface area contributed by atoms with Crippen molar-refractivity contribution in [3.05, 3.63) is 47.4 Å². The molecule has 0 aliphatic rings. The van der Waals surface area contributed by atoms with Crippen LogP contribution in [0.4, 0.5) is 11.4 Å². The van der Waals surface area contributed by atoms with Crippen LogP contribution in [-0.2, 0) is 0 Å². The van der Waals surface area contributed by atoms with E-state index in [1.54, 1.807) is 12.1 Å². The third-order valence-corrected chi connectivity index (χ3v) is 2.52. The van der Waals surface area contributed by atoms with Crippen LogP contribution in [0.5, 0.6) is 0 Å². The standard InChI is InChI=1S/C13H12N2O/c1-8(2)13-7-10(14)5-9-6-11(15-16)3-4-12(9)13/h3-7H,1,14H2,2H3. The minimum atomic E-state index is 0.408. The predicted molar refractivity (Wildman–Crippen MR) is 68.5 cm³/mol. The number of hydrogen-bond acceptors (Lipinski definition) is 3. The first-order chi connectivity index (χ1) is 7.61. The van der Waals surface area contributed by atoms with E-state index < -0.39 is 0 Å². The van der Waals surface area contributed by atoms with Gasteiger partial charge in [-0.05, 0) is 52.7 Å². The van der Waals surface area contributed by atoms with E-state index in [0.29, 0.717) is 11.4 Å². The number of nitrogens with zero attached hydrogens (tertiary/aromatic N) is 1. The van der Waals surface area contributed by atoms with Crippen LogP contribution in [0.25, 0.3) is 16.3 Å². The Morgan fingerprint density at radius 3 is 2.69 bits per heavy atom. The van der Waals surface area contributed by atoms with Gasteiger partial charge in [0.1, 0.15) is 5.69 Å². The van der Waals surface area contributed by atoms with Crippen LogP contribution in [0.2, 0.25) is 0 Å². The lowest BCUT2D eigenvalue weighted by molar-refractivity contribution is 1.51. The maximum absolute atomic E-state index is 10.5. The Morgan fingerprint density at radius 1 is 1.31 bits per heavy atom. The van der Waals surface area contributed by atoms with E-state index in [1.807, 2.05) is 25.1 Å². The van der Waals surface area contributed by atoms with Crippen LogP contribution in [0.1, 0.15) is 12.5 Å². The topological polar surface area (TPSA) is 55.4 Å². The third kappa shape index (κ3) is 1.67. The van der Waals surface area contributed by atoms with Crippen molar-refractivity contribution >= 4 is 27.7 Å². The van der Waals surface area contributed by atoms with E-state index in [1.165, 1.54) is 0 Å². The molecule has 80 valence electrons. The van der Waals surface area contributed by atoms with Crippen molar-refractivity contribution in [2.75, 3.05) is 5.73 Å². The van der Waals surface area contributed by atoms with Crippen molar-refractivity contribution in [1.82, 2.24) is 0 Å². The number of benzene rings is 2. The second-order valence-electron chi connectivity index (χ2n) is 3.85.